The lowest BCUT2D eigenvalue weighted by molar-refractivity contribution is 0.103. The van der Waals surface area contributed by atoms with Gasteiger partial charge in [0.15, 0.2) is 0 Å². The van der Waals surface area contributed by atoms with E-state index in [9.17, 15) is 0 Å². The van der Waals surface area contributed by atoms with Crippen molar-refractivity contribution in [1.82, 2.24) is 10.2 Å². The summed E-state index contributed by atoms with van der Waals surface area (Å²) in [6, 6.07) is 12.8. The first-order valence-electron chi connectivity index (χ1n) is 8.52. The number of nitrogens with one attached hydrogen (secondary N) is 1. The Morgan fingerprint density at radius 2 is 1.81 bits per heavy atom. The van der Waals surface area contributed by atoms with Gasteiger partial charge in [0.25, 0.3) is 0 Å². The van der Waals surface area contributed by atoms with Crippen LogP contribution in [0.2, 0.25) is 0 Å². The lowest BCUT2D eigenvalue weighted by atomic mass is 9.88. The molecule has 0 saturated heterocycles. The fourth-order valence-corrected chi connectivity index (χ4v) is 3.71. The van der Waals surface area contributed by atoms with Crippen LogP contribution < -0.4 is 5.32 Å². The van der Waals surface area contributed by atoms with Gasteiger partial charge in [-0.3, -0.25) is 4.90 Å². The third-order valence-corrected chi connectivity index (χ3v) is 4.90. The third-order valence-electron chi connectivity index (χ3n) is 4.90. The lowest BCUT2D eigenvalue weighted by Gasteiger charge is -2.41. The first-order chi connectivity index (χ1) is 10.4. The number of hydrogen-bond acceptors (Lipinski definition) is 3. The molecule has 0 unspecified atom stereocenters. The molecule has 1 aromatic carbocycles. The predicted molar refractivity (Wildman–Crippen MR) is 86.1 cm³/mol. The van der Waals surface area contributed by atoms with Gasteiger partial charge in [0.2, 0.25) is 0 Å². The zero-order valence-corrected chi connectivity index (χ0v) is 12.9. The molecule has 21 heavy (non-hydrogen) atoms. The maximum atomic E-state index is 9.10. The zero-order valence-electron chi connectivity index (χ0n) is 12.9. The molecule has 2 N–H and O–H groups in total. The van der Waals surface area contributed by atoms with E-state index in [1.54, 1.807) is 0 Å². The number of nitrogens with zero attached hydrogens (tertiary/aromatic N) is 1. The van der Waals surface area contributed by atoms with E-state index in [1.807, 2.05) is 0 Å². The average Bonchev–Trinajstić information content (AvgIpc) is 3.37. The second-order valence-corrected chi connectivity index (χ2v) is 6.53. The molecule has 1 aromatic rings. The summed E-state index contributed by atoms with van der Waals surface area (Å²) < 4.78 is 0. The van der Waals surface area contributed by atoms with E-state index in [1.165, 1.54) is 44.1 Å². The van der Waals surface area contributed by atoms with Crippen molar-refractivity contribution in [3.05, 3.63) is 35.9 Å². The first-order valence-corrected chi connectivity index (χ1v) is 8.52. The van der Waals surface area contributed by atoms with Crippen molar-refractivity contribution in [2.45, 2.75) is 63.2 Å². The molecule has 0 heterocycles. The molecule has 0 bridgehead atoms. The van der Waals surface area contributed by atoms with E-state index in [0.29, 0.717) is 12.1 Å². The van der Waals surface area contributed by atoms with Crippen LogP contribution in [0.1, 0.15) is 44.1 Å². The Kier molecular flexibility index (Phi) is 5.28. The smallest absolute Gasteiger partial charge is 0.0556 e. The van der Waals surface area contributed by atoms with Crippen molar-refractivity contribution in [2.24, 2.45) is 0 Å². The third kappa shape index (κ3) is 4.06. The highest BCUT2D eigenvalue weighted by atomic mass is 16.3. The van der Waals surface area contributed by atoms with Crippen LogP contribution in [0.3, 0.4) is 0 Å². The Hall–Kier alpha value is -0.900. The number of hydrogen-bond donors (Lipinski definition) is 2. The van der Waals surface area contributed by atoms with Crippen molar-refractivity contribution in [3.63, 3.8) is 0 Å². The molecule has 0 amide bonds. The van der Waals surface area contributed by atoms with Gasteiger partial charge in [-0.1, -0.05) is 43.2 Å². The summed E-state index contributed by atoms with van der Waals surface area (Å²) in [5, 5.41) is 12.7. The molecule has 0 radical (unpaired) electrons. The molecule has 3 heteroatoms. The van der Waals surface area contributed by atoms with Crippen molar-refractivity contribution >= 4 is 0 Å². The molecule has 3 nitrogen and oxygen atoms in total. The van der Waals surface area contributed by atoms with Crippen LogP contribution in [-0.4, -0.2) is 41.3 Å². The van der Waals surface area contributed by atoms with Crippen molar-refractivity contribution in [2.75, 3.05) is 13.2 Å². The molecular weight excluding hydrogens is 260 g/mol. The normalized spacial score (nSPS) is 26.2. The Morgan fingerprint density at radius 3 is 2.52 bits per heavy atom. The van der Waals surface area contributed by atoms with Gasteiger partial charge < -0.3 is 10.4 Å². The Labute approximate surface area is 128 Å². The van der Waals surface area contributed by atoms with Gasteiger partial charge in [-0.25, -0.2) is 0 Å². The standard InChI is InChI=1S/C18H28N2O/c21-13-12-19-17-8-4-5-9-18(17)20(16-10-11-16)14-15-6-2-1-3-7-15/h1-3,6-7,16-19,21H,4-5,8-14H2/t17-,18+/m0/s1. The Balaban J connectivity index is 1.69. The topological polar surface area (TPSA) is 35.5 Å². The largest absolute Gasteiger partial charge is 0.395 e. The van der Waals surface area contributed by atoms with Gasteiger partial charge in [0.1, 0.15) is 0 Å². The number of aliphatic hydroxyl groups excluding tert-OH is 1. The van der Waals surface area contributed by atoms with Crippen LogP contribution in [0.25, 0.3) is 0 Å². The minimum Gasteiger partial charge on any atom is -0.395 e. The summed E-state index contributed by atoms with van der Waals surface area (Å²) in [7, 11) is 0. The number of benzene rings is 1. The van der Waals surface area contributed by atoms with E-state index in [2.05, 4.69) is 40.5 Å². The average molecular weight is 288 g/mol. The highest BCUT2D eigenvalue weighted by Crippen LogP contribution is 2.35. The van der Waals surface area contributed by atoms with Crippen LogP contribution in [0.4, 0.5) is 0 Å². The number of rotatable bonds is 7. The van der Waals surface area contributed by atoms with Crippen molar-refractivity contribution in [3.8, 4) is 0 Å². The highest BCUT2D eigenvalue weighted by Gasteiger charge is 2.38. The van der Waals surface area contributed by atoms with Gasteiger partial charge in [0.05, 0.1) is 6.61 Å². The molecule has 3 rings (SSSR count). The second-order valence-electron chi connectivity index (χ2n) is 6.53. The van der Waals surface area contributed by atoms with E-state index in [-0.39, 0.29) is 6.61 Å². The van der Waals surface area contributed by atoms with Gasteiger partial charge in [-0.05, 0) is 31.2 Å². The van der Waals surface area contributed by atoms with E-state index in [4.69, 9.17) is 5.11 Å². The SMILES string of the molecule is OCCN[C@H]1CCCC[C@H]1N(Cc1ccccc1)C1CC1. The molecule has 0 aromatic heterocycles. The molecule has 2 aliphatic rings. The van der Waals surface area contributed by atoms with Gasteiger partial charge in [-0.15, -0.1) is 0 Å². The molecule has 2 saturated carbocycles. The predicted octanol–water partition coefficient (Wildman–Crippen LogP) is 2.54. The van der Waals surface area contributed by atoms with Gasteiger partial charge in [0, 0.05) is 31.2 Å². The molecule has 116 valence electrons. The highest BCUT2D eigenvalue weighted by molar-refractivity contribution is 5.15. The van der Waals surface area contributed by atoms with Gasteiger partial charge in [-0.2, -0.15) is 0 Å². The molecule has 2 fully saturated rings. The summed E-state index contributed by atoms with van der Waals surface area (Å²) in [5.74, 6) is 0. The van der Waals surface area contributed by atoms with E-state index < -0.39 is 0 Å². The molecule has 2 aliphatic carbocycles. The lowest BCUT2D eigenvalue weighted by Crippen LogP contribution is -2.52. The summed E-state index contributed by atoms with van der Waals surface area (Å²) in [6.07, 6.45) is 7.94. The van der Waals surface area contributed by atoms with Crippen LogP contribution in [-0.2, 0) is 6.54 Å². The quantitative estimate of drug-likeness (QED) is 0.809. The maximum Gasteiger partial charge on any atom is 0.0556 e. The first kappa shape index (κ1) is 15.0. The van der Waals surface area contributed by atoms with Crippen LogP contribution in [0, 0.1) is 0 Å². The van der Waals surface area contributed by atoms with Crippen LogP contribution >= 0.6 is 0 Å². The summed E-state index contributed by atoms with van der Waals surface area (Å²) in [5.41, 5.74) is 1.43. The van der Waals surface area contributed by atoms with Crippen LogP contribution in [0.15, 0.2) is 30.3 Å². The molecule has 0 aliphatic heterocycles. The second kappa shape index (κ2) is 7.39. The van der Waals surface area contributed by atoms with E-state index in [0.717, 1.165) is 19.1 Å². The minimum atomic E-state index is 0.241. The van der Waals surface area contributed by atoms with Crippen molar-refractivity contribution < 1.29 is 5.11 Å². The monoisotopic (exact) mass is 288 g/mol. The summed E-state index contributed by atoms with van der Waals surface area (Å²) >= 11 is 0. The minimum absolute atomic E-state index is 0.241. The molecule has 0 spiro atoms. The summed E-state index contributed by atoms with van der Waals surface area (Å²) in [6.45, 7) is 2.05. The molecule has 2 atom stereocenters. The van der Waals surface area contributed by atoms with E-state index >= 15 is 0 Å². The molecular formula is C18H28N2O. The maximum absolute atomic E-state index is 9.10. The Bertz CT molecular complexity index is 418. The zero-order chi connectivity index (χ0) is 14.5. The summed E-state index contributed by atoms with van der Waals surface area (Å²) in [4.78, 5) is 2.74. The van der Waals surface area contributed by atoms with Gasteiger partial charge >= 0.3 is 0 Å². The van der Waals surface area contributed by atoms with Crippen LogP contribution in [0.5, 0.6) is 0 Å². The fourth-order valence-electron chi connectivity index (χ4n) is 3.71. The number of aliphatic hydroxyl groups is 1. The fraction of sp³-hybridized carbons (Fsp3) is 0.667. The Morgan fingerprint density at radius 1 is 1.05 bits per heavy atom. The van der Waals surface area contributed by atoms with Crippen molar-refractivity contribution in [1.29, 1.82) is 0 Å².